The molecule has 80 valence electrons. The summed E-state index contributed by atoms with van der Waals surface area (Å²) in [5.41, 5.74) is 0.922. The standard InChI is InChI=1S/C11H14N2O2/c1-11(5-6-11)8-4-3-7(9(14)12-2)10(15)13-8/h3-4H,5-6H2,1-2H3,(H,12,14)(H,13,15). The normalized spacial score (nSPS) is 17.2. The molecule has 1 amide bonds. The van der Waals surface area contributed by atoms with Crippen molar-refractivity contribution in [2.24, 2.45) is 0 Å². The number of hydrogen-bond acceptors (Lipinski definition) is 2. The smallest absolute Gasteiger partial charge is 0.261 e. The third-order valence-electron chi connectivity index (χ3n) is 3.03. The molecule has 1 aliphatic rings. The first-order valence-electron chi connectivity index (χ1n) is 5.03. The average molecular weight is 206 g/mol. The SMILES string of the molecule is CNC(=O)c1ccc(C2(C)CC2)[nH]c1=O. The highest BCUT2D eigenvalue weighted by Crippen LogP contribution is 2.46. The van der Waals surface area contributed by atoms with Crippen molar-refractivity contribution in [1.29, 1.82) is 0 Å². The molecule has 1 aromatic heterocycles. The topological polar surface area (TPSA) is 62.0 Å². The predicted molar refractivity (Wildman–Crippen MR) is 57.0 cm³/mol. The Morgan fingerprint density at radius 3 is 2.60 bits per heavy atom. The van der Waals surface area contributed by atoms with E-state index in [0.717, 1.165) is 18.5 Å². The molecule has 1 saturated carbocycles. The van der Waals surface area contributed by atoms with Gasteiger partial charge in [-0.3, -0.25) is 9.59 Å². The largest absolute Gasteiger partial charge is 0.355 e. The molecule has 1 aromatic rings. The molecular formula is C11H14N2O2. The quantitative estimate of drug-likeness (QED) is 0.751. The van der Waals surface area contributed by atoms with Gasteiger partial charge in [-0.15, -0.1) is 0 Å². The molecule has 0 saturated heterocycles. The lowest BCUT2D eigenvalue weighted by atomic mass is 10.0. The number of rotatable bonds is 2. The average Bonchev–Trinajstić information content (AvgIpc) is 2.96. The Hall–Kier alpha value is -1.58. The zero-order valence-corrected chi connectivity index (χ0v) is 8.89. The van der Waals surface area contributed by atoms with Crippen LogP contribution in [-0.2, 0) is 5.41 Å². The fraction of sp³-hybridized carbons (Fsp3) is 0.455. The molecule has 1 heterocycles. The Morgan fingerprint density at radius 2 is 2.13 bits per heavy atom. The third kappa shape index (κ3) is 1.67. The van der Waals surface area contributed by atoms with Gasteiger partial charge in [-0.25, -0.2) is 0 Å². The summed E-state index contributed by atoms with van der Waals surface area (Å²) in [4.78, 5) is 25.7. The highest BCUT2D eigenvalue weighted by atomic mass is 16.2. The molecule has 1 aliphatic carbocycles. The van der Waals surface area contributed by atoms with Crippen molar-refractivity contribution in [2.45, 2.75) is 25.2 Å². The van der Waals surface area contributed by atoms with Gasteiger partial charge >= 0.3 is 0 Å². The molecule has 0 bridgehead atoms. The van der Waals surface area contributed by atoms with Crippen LogP contribution in [0.25, 0.3) is 0 Å². The Morgan fingerprint density at radius 1 is 1.47 bits per heavy atom. The van der Waals surface area contributed by atoms with Gasteiger partial charge in [-0.2, -0.15) is 0 Å². The fourth-order valence-corrected chi connectivity index (χ4v) is 1.60. The van der Waals surface area contributed by atoms with E-state index in [1.807, 2.05) is 6.07 Å². The number of carbonyl (C=O) groups excluding carboxylic acids is 1. The first-order valence-corrected chi connectivity index (χ1v) is 5.03. The zero-order valence-electron chi connectivity index (χ0n) is 8.89. The lowest BCUT2D eigenvalue weighted by Crippen LogP contribution is -2.27. The molecule has 0 radical (unpaired) electrons. The van der Waals surface area contributed by atoms with E-state index < -0.39 is 0 Å². The molecule has 4 nitrogen and oxygen atoms in total. The summed E-state index contributed by atoms with van der Waals surface area (Å²) in [6.07, 6.45) is 2.20. The minimum Gasteiger partial charge on any atom is -0.355 e. The molecule has 2 N–H and O–H groups in total. The van der Waals surface area contributed by atoms with Gasteiger partial charge in [0.25, 0.3) is 11.5 Å². The van der Waals surface area contributed by atoms with E-state index in [-0.39, 0.29) is 22.4 Å². The van der Waals surface area contributed by atoms with E-state index in [1.165, 1.54) is 7.05 Å². The van der Waals surface area contributed by atoms with Crippen molar-refractivity contribution in [3.8, 4) is 0 Å². The van der Waals surface area contributed by atoms with E-state index in [1.54, 1.807) is 6.07 Å². The first kappa shape index (κ1) is 9.96. The van der Waals surface area contributed by atoms with Gasteiger partial charge in [0.2, 0.25) is 0 Å². The van der Waals surface area contributed by atoms with Crippen LogP contribution in [0.3, 0.4) is 0 Å². The molecular weight excluding hydrogens is 192 g/mol. The fourth-order valence-electron chi connectivity index (χ4n) is 1.60. The molecule has 0 aliphatic heterocycles. The number of hydrogen-bond donors (Lipinski definition) is 2. The molecule has 0 aromatic carbocycles. The van der Waals surface area contributed by atoms with Crippen molar-refractivity contribution in [3.05, 3.63) is 33.7 Å². The zero-order chi connectivity index (χ0) is 11.1. The van der Waals surface area contributed by atoms with Crippen molar-refractivity contribution in [3.63, 3.8) is 0 Å². The number of carbonyl (C=O) groups is 1. The number of aromatic amines is 1. The molecule has 2 rings (SSSR count). The van der Waals surface area contributed by atoms with Crippen molar-refractivity contribution >= 4 is 5.91 Å². The number of aromatic nitrogens is 1. The summed E-state index contributed by atoms with van der Waals surface area (Å²) in [5, 5.41) is 2.44. The maximum atomic E-state index is 11.6. The van der Waals surface area contributed by atoms with Gasteiger partial charge < -0.3 is 10.3 Å². The molecule has 1 fully saturated rings. The Labute approximate surface area is 87.7 Å². The summed E-state index contributed by atoms with van der Waals surface area (Å²) >= 11 is 0. The van der Waals surface area contributed by atoms with Gasteiger partial charge in [0.1, 0.15) is 5.56 Å². The molecule has 0 unspecified atom stereocenters. The van der Waals surface area contributed by atoms with Crippen LogP contribution in [0, 0.1) is 0 Å². The van der Waals surface area contributed by atoms with Crippen LogP contribution in [0.1, 0.15) is 35.8 Å². The van der Waals surface area contributed by atoms with Crippen molar-refractivity contribution < 1.29 is 4.79 Å². The van der Waals surface area contributed by atoms with E-state index >= 15 is 0 Å². The molecule has 15 heavy (non-hydrogen) atoms. The van der Waals surface area contributed by atoms with E-state index in [2.05, 4.69) is 17.2 Å². The van der Waals surface area contributed by atoms with E-state index in [0.29, 0.717) is 0 Å². The number of pyridine rings is 1. The third-order valence-corrected chi connectivity index (χ3v) is 3.03. The van der Waals surface area contributed by atoms with Crippen LogP contribution in [0.15, 0.2) is 16.9 Å². The summed E-state index contributed by atoms with van der Waals surface area (Å²) in [7, 11) is 1.51. The lowest BCUT2D eigenvalue weighted by Gasteiger charge is -2.08. The Kier molecular flexibility index (Phi) is 2.14. The Bertz CT molecular complexity index is 458. The number of amides is 1. The van der Waals surface area contributed by atoms with E-state index in [9.17, 15) is 9.59 Å². The van der Waals surface area contributed by atoms with Crippen LogP contribution in [0.2, 0.25) is 0 Å². The minimum absolute atomic E-state index is 0.125. The predicted octanol–water partition coefficient (Wildman–Crippen LogP) is 0.786. The lowest BCUT2D eigenvalue weighted by molar-refractivity contribution is 0.0961. The summed E-state index contributed by atoms with van der Waals surface area (Å²) in [5.74, 6) is -0.344. The summed E-state index contributed by atoms with van der Waals surface area (Å²) < 4.78 is 0. The maximum Gasteiger partial charge on any atom is 0.261 e. The summed E-state index contributed by atoms with van der Waals surface area (Å²) in [6.45, 7) is 2.11. The molecule has 0 spiro atoms. The second-order valence-corrected chi connectivity index (χ2v) is 4.25. The minimum atomic E-state index is -0.344. The maximum absolute atomic E-state index is 11.6. The molecule has 0 atom stereocenters. The second kappa shape index (κ2) is 3.22. The van der Waals surface area contributed by atoms with Crippen LogP contribution in [0.5, 0.6) is 0 Å². The Balaban J connectivity index is 2.39. The first-order chi connectivity index (χ1) is 7.07. The number of H-pyrrole nitrogens is 1. The van der Waals surface area contributed by atoms with Gasteiger partial charge in [0, 0.05) is 18.2 Å². The summed E-state index contributed by atoms with van der Waals surface area (Å²) in [6, 6.07) is 3.43. The van der Waals surface area contributed by atoms with Crippen LogP contribution in [0.4, 0.5) is 0 Å². The monoisotopic (exact) mass is 206 g/mol. The van der Waals surface area contributed by atoms with Gasteiger partial charge in [0.05, 0.1) is 0 Å². The van der Waals surface area contributed by atoms with Crippen molar-refractivity contribution in [1.82, 2.24) is 10.3 Å². The van der Waals surface area contributed by atoms with E-state index in [4.69, 9.17) is 0 Å². The molecule has 4 heteroatoms. The van der Waals surface area contributed by atoms with Gasteiger partial charge in [-0.1, -0.05) is 6.92 Å². The van der Waals surface area contributed by atoms with Crippen LogP contribution >= 0.6 is 0 Å². The van der Waals surface area contributed by atoms with Crippen LogP contribution < -0.4 is 10.9 Å². The van der Waals surface area contributed by atoms with Gasteiger partial charge in [0.15, 0.2) is 0 Å². The van der Waals surface area contributed by atoms with Crippen molar-refractivity contribution in [2.75, 3.05) is 7.05 Å². The highest BCUT2D eigenvalue weighted by Gasteiger charge is 2.40. The van der Waals surface area contributed by atoms with Gasteiger partial charge in [-0.05, 0) is 25.0 Å². The number of nitrogens with one attached hydrogen (secondary N) is 2. The van der Waals surface area contributed by atoms with Crippen LogP contribution in [-0.4, -0.2) is 17.9 Å². The second-order valence-electron chi connectivity index (χ2n) is 4.25. The highest BCUT2D eigenvalue weighted by molar-refractivity contribution is 5.93.